The topological polar surface area (TPSA) is 125 Å². The lowest BCUT2D eigenvalue weighted by Crippen LogP contribution is -2.19. The van der Waals surface area contributed by atoms with E-state index in [1.807, 2.05) is 24.3 Å². The molecule has 0 bridgehead atoms. The van der Waals surface area contributed by atoms with E-state index in [1.165, 1.54) is 12.4 Å². The fourth-order valence-corrected chi connectivity index (χ4v) is 2.77. The molecule has 0 unspecified atom stereocenters. The highest BCUT2D eigenvalue weighted by Crippen LogP contribution is 2.26. The number of rotatable bonds is 4. The molecular weight excluding hydrogens is 358 g/mol. The summed E-state index contributed by atoms with van der Waals surface area (Å²) in [5.74, 6) is 0.207. The Kier molecular flexibility index (Phi) is 3.98. The van der Waals surface area contributed by atoms with Gasteiger partial charge in [0.05, 0.1) is 27.9 Å². The largest absolute Gasteiger partial charge is 0.379 e. The van der Waals surface area contributed by atoms with Gasteiger partial charge >= 0.3 is 0 Å². The summed E-state index contributed by atoms with van der Waals surface area (Å²) in [5.41, 5.74) is 8.01. The van der Waals surface area contributed by atoms with Crippen LogP contribution in [-0.2, 0) is 11.3 Å². The van der Waals surface area contributed by atoms with Gasteiger partial charge in [0.25, 0.3) is 0 Å². The summed E-state index contributed by atoms with van der Waals surface area (Å²) in [7, 11) is 0. The number of anilines is 2. The van der Waals surface area contributed by atoms with Crippen molar-refractivity contribution in [1.29, 1.82) is 0 Å². The summed E-state index contributed by atoms with van der Waals surface area (Å²) in [6, 6.07) is 9.00. The molecule has 0 atom stereocenters. The smallest absolute Gasteiger partial charge is 0.244 e. The number of hydrogen-bond acceptors (Lipinski definition) is 7. The normalized spacial score (nSPS) is 11.0. The number of carbonyl (C=O) groups is 1. The number of halogens is 1. The first-order valence-corrected chi connectivity index (χ1v) is 7.93. The number of nitrogens with two attached hydrogens (primary N) is 1. The van der Waals surface area contributed by atoms with E-state index in [2.05, 4.69) is 30.2 Å². The summed E-state index contributed by atoms with van der Waals surface area (Å²) in [6.07, 6.45) is 3.00. The Morgan fingerprint density at radius 1 is 1.27 bits per heavy atom. The number of nitrogen functional groups attached to an aromatic ring is 1. The molecule has 3 aromatic heterocycles. The number of nitrogens with one attached hydrogen (secondary N) is 1. The molecule has 130 valence electrons. The molecule has 3 heterocycles. The first-order valence-electron chi connectivity index (χ1n) is 7.56. The third-order valence-electron chi connectivity index (χ3n) is 3.67. The van der Waals surface area contributed by atoms with Crippen LogP contribution < -0.4 is 11.1 Å². The first kappa shape index (κ1) is 16.0. The molecule has 1 amide bonds. The molecule has 0 fully saturated rings. The average Bonchev–Trinajstić information content (AvgIpc) is 3.18. The molecule has 0 aliphatic carbocycles. The fraction of sp³-hybridized carbons (Fsp3) is 0.0625. The maximum absolute atomic E-state index is 12.5. The van der Waals surface area contributed by atoms with Gasteiger partial charge in [0.1, 0.15) is 6.54 Å². The van der Waals surface area contributed by atoms with E-state index >= 15 is 0 Å². The monoisotopic (exact) mass is 369 g/mol. The Morgan fingerprint density at radius 3 is 2.88 bits per heavy atom. The molecule has 10 heteroatoms. The van der Waals surface area contributed by atoms with Crippen LogP contribution in [0.3, 0.4) is 0 Å². The second kappa shape index (κ2) is 6.45. The van der Waals surface area contributed by atoms with E-state index in [0.29, 0.717) is 22.1 Å². The van der Waals surface area contributed by atoms with E-state index < -0.39 is 0 Å². The lowest BCUT2D eigenvalue weighted by Gasteiger charge is -2.09. The van der Waals surface area contributed by atoms with Crippen molar-refractivity contribution in [3.8, 4) is 11.5 Å². The van der Waals surface area contributed by atoms with Gasteiger partial charge < -0.3 is 15.6 Å². The number of amides is 1. The maximum atomic E-state index is 12.5. The zero-order valence-electron chi connectivity index (χ0n) is 13.3. The zero-order valence-corrected chi connectivity index (χ0v) is 14.0. The standard InChI is InChI=1S/C16H12ClN7O2/c17-9-5-10(7-19-6-9)20-13(25)8-24-12-4-2-1-3-11(12)21-16(24)14-15(18)23-26-22-14/h1-7H,8H2,(H2,18,23)(H,20,25). The molecule has 0 saturated carbocycles. The number of carbonyl (C=O) groups excluding carboxylic acids is 1. The predicted molar refractivity (Wildman–Crippen MR) is 95.3 cm³/mol. The molecule has 0 spiro atoms. The lowest BCUT2D eigenvalue weighted by atomic mass is 10.3. The zero-order chi connectivity index (χ0) is 18.1. The van der Waals surface area contributed by atoms with Gasteiger partial charge in [-0.1, -0.05) is 23.7 Å². The highest BCUT2D eigenvalue weighted by atomic mass is 35.5. The molecule has 26 heavy (non-hydrogen) atoms. The minimum Gasteiger partial charge on any atom is -0.379 e. The SMILES string of the molecule is Nc1nonc1-c1nc2ccccc2n1CC(=O)Nc1cncc(Cl)c1. The minimum atomic E-state index is -0.284. The van der Waals surface area contributed by atoms with Crippen LogP contribution in [0.25, 0.3) is 22.6 Å². The van der Waals surface area contributed by atoms with E-state index in [4.69, 9.17) is 17.3 Å². The average molecular weight is 370 g/mol. The van der Waals surface area contributed by atoms with Gasteiger partial charge in [-0.3, -0.25) is 9.78 Å². The Hall–Kier alpha value is -3.46. The van der Waals surface area contributed by atoms with Crippen molar-refractivity contribution in [3.05, 3.63) is 47.7 Å². The highest BCUT2D eigenvalue weighted by Gasteiger charge is 2.20. The van der Waals surface area contributed by atoms with Crippen molar-refractivity contribution in [2.45, 2.75) is 6.54 Å². The summed E-state index contributed by atoms with van der Waals surface area (Å²) < 4.78 is 6.36. The molecular formula is C16H12ClN7O2. The van der Waals surface area contributed by atoms with Crippen molar-refractivity contribution in [3.63, 3.8) is 0 Å². The van der Waals surface area contributed by atoms with Gasteiger partial charge in [0.2, 0.25) is 5.91 Å². The van der Waals surface area contributed by atoms with Crippen LogP contribution in [0.4, 0.5) is 11.5 Å². The molecule has 9 nitrogen and oxygen atoms in total. The molecule has 4 rings (SSSR count). The number of para-hydroxylation sites is 2. The Labute approximate surface area is 151 Å². The number of fused-ring (bicyclic) bond motifs is 1. The van der Waals surface area contributed by atoms with Crippen LogP contribution in [0, 0.1) is 0 Å². The van der Waals surface area contributed by atoms with E-state index in [-0.39, 0.29) is 24.0 Å². The van der Waals surface area contributed by atoms with E-state index in [1.54, 1.807) is 10.6 Å². The quantitative estimate of drug-likeness (QED) is 0.565. The van der Waals surface area contributed by atoms with Crippen molar-refractivity contribution in [2.24, 2.45) is 0 Å². The van der Waals surface area contributed by atoms with Crippen LogP contribution in [-0.4, -0.2) is 30.8 Å². The van der Waals surface area contributed by atoms with Crippen molar-refractivity contribution in [1.82, 2.24) is 24.8 Å². The Morgan fingerprint density at radius 2 is 2.12 bits per heavy atom. The number of aromatic nitrogens is 5. The predicted octanol–water partition coefficient (Wildman–Crippen LogP) is 2.36. The van der Waals surface area contributed by atoms with Gasteiger partial charge in [-0.25, -0.2) is 9.61 Å². The molecule has 0 radical (unpaired) electrons. The van der Waals surface area contributed by atoms with Crippen LogP contribution in [0.2, 0.25) is 5.02 Å². The maximum Gasteiger partial charge on any atom is 0.244 e. The summed E-state index contributed by atoms with van der Waals surface area (Å²) in [4.78, 5) is 21.0. The third kappa shape index (κ3) is 2.95. The number of imidazole rings is 1. The Balaban J connectivity index is 1.71. The number of benzene rings is 1. The van der Waals surface area contributed by atoms with Crippen LogP contribution in [0.15, 0.2) is 47.4 Å². The van der Waals surface area contributed by atoms with E-state index in [9.17, 15) is 4.79 Å². The van der Waals surface area contributed by atoms with E-state index in [0.717, 1.165) is 5.52 Å². The minimum absolute atomic E-state index is 0.0192. The van der Waals surface area contributed by atoms with Gasteiger partial charge in [-0.05, 0) is 28.5 Å². The molecule has 0 saturated heterocycles. The second-order valence-corrected chi connectivity index (χ2v) is 5.88. The highest BCUT2D eigenvalue weighted by molar-refractivity contribution is 6.30. The fourth-order valence-electron chi connectivity index (χ4n) is 2.59. The third-order valence-corrected chi connectivity index (χ3v) is 3.88. The lowest BCUT2D eigenvalue weighted by molar-refractivity contribution is -0.116. The summed E-state index contributed by atoms with van der Waals surface area (Å²) in [6.45, 7) is -0.0192. The number of pyridine rings is 1. The molecule has 0 aliphatic heterocycles. The van der Waals surface area contributed by atoms with Gasteiger partial charge in [0.15, 0.2) is 17.3 Å². The Bertz CT molecular complexity index is 1100. The molecule has 0 aliphatic rings. The first-order chi connectivity index (χ1) is 12.6. The van der Waals surface area contributed by atoms with Gasteiger partial charge in [0, 0.05) is 6.20 Å². The molecule has 1 aromatic carbocycles. The van der Waals surface area contributed by atoms with Gasteiger partial charge in [-0.2, -0.15) is 0 Å². The van der Waals surface area contributed by atoms with Crippen molar-refractivity contribution in [2.75, 3.05) is 11.1 Å². The van der Waals surface area contributed by atoms with Crippen molar-refractivity contribution < 1.29 is 9.42 Å². The van der Waals surface area contributed by atoms with Crippen molar-refractivity contribution >= 4 is 40.0 Å². The summed E-state index contributed by atoms with van der Waals surface area (Å²) >= 11 is 5.89. The number of nitrogens with zero attached hydrogens (tertiary/aromatic N) is 5. The van der Waals surface area contributed by atoms with Gasteiger partial charge in [-0.15, -0.1) is 0 Å². The molecule has 4 aromatic rings. The van der Waals surface area contributed by atoms with Crippen LogP contribution >= 0.6 is 11.6 Å². The van der Waals surface area contributed by atoms with Crippen LogP contribution in [0.5, 0.6) is 0 Å². The summed E-state index contributed by atoms with van der Waals surface area (Å²) in [5, 5.41) is 10.5. The number of hydrogen-bond donors (Lipinski definition) is 2. The molecule has 3 N–H and O–H groups in total. The second-order valence-electron chi connectivity index (χ2n) is 5.45. The van der Waals surface area contributed by atoms with Crippen LogP contribution in [0.1, 0.15) is 0 Å².